The predicted octanol–water partition coefficient (Wildman–Crippen LogP) is 7.03. The molecule has 196 valence electrons. The van der Waals surface area contributed by atoms with Crippen LogP contribution in [0, 0.1) is 5.82 Å². The van der Waals surface area contributed by atoms with Crippen LogP contribution in [-0.4, -0.2) is 29.9 Å². The van der Waals surface area contributed by atoms with Crippen molar-refractivity contribution in [2.24, 2.45) is 0 Å². The lowest BCUT2D eigenvalue weighted by atomic mass is 10.0. The SMILES string of the molecule is COc1cc(/C=C2\SC(=S)N(c3ccc(F)c(Cl)c3)C2=O)ccc1OCC(=O)Nc1ccccc1C(C)C. The first-order valence-corrected chi connectivity index (χ1v) is 13.2. The number of para-hydroxylation sites is 1. The Morgan fingerprint density at radius 1 is 1.16 bits per heavy atom. The molecule has 1 saturated heterocycles. The van der Waals surface area contributed by atoms with E-state index in [2.05, 4.69) is 19.2 Å². The average molecular weight is 571 g/mol. The van der Waals surface area contributed by atoms with Crippen molar-refractivity contribution in [3.05, 3.63) is 87.5 Å². The highest BCUT2D eigenvalue weighted by molar-refractivity contribution is 8.27. The summed E-state index contributed by atoms with van der Waals surface area (Å²) >= 11 is 12.4. The van der Waals surface area contributed by atoms with E-state index in [0.717, 1.165) is 23.0 Å². The molecule has 10 heteroatoms. The van der Waals surface area contributed by atoms with Gasteiger partial charge in [0, 0.05) is 5.69 Å². The van der Waals surface area contributed by atoms with Crippen molar-refractivity contribution < 1.29 is 23.5 Å². The number of nitrogens with one attached hydrogen (secondary N) is 1. The Bertz CT molecular complexity index is 1440. The Morgan fingerprint density at radius 3 is 2.63 bits per heavy atom. The van der Waals surface area contributed by atoms with Crippen LogP contribution in [0.4, 0.5) is 15.8 Å². The first-order valence-electron chi connectivity index (χ1n) is 11.6. The molecule has 4 rings (SSSR count). The van der Waals surface area contributed by atoms with E-state index in [-0.39, 0.29) is 29.4 Å². The summed E-state index contributed by atoms with van der Waals surface area (Å²) in [6.07, 6.45) is 1.67. The molecular formula is C28H24ClFN2O4S2. The maximum Gasteiger partial charge on any atom is 0.270 e. The van der Waals surface area contributed by atoms with Gasteiger partial charge >= 0.3 is 0 Å². The van der Waals surface area contributed by atoms with E-state index in [1.165, 1.54) is 30.2 Å². The van der Waals surface area contributed by atoms with Gasteiger partial charge in [-0.15, -0.1) is 0 Å². The van der Waals surface area contributed by atoms with Crippen LogP contribution < -0.4 is 19.7 Å². The fourth-order valence-corrected chi connectivity index (χ4v) is 5.28. The summed E-state index contributed by atoms with van der Waals surface area (Å²) in [5.41, 5.74) is 2.84. The predicted molar refractivity (Wildman–Crippen MR) is 155 cm³/mol. The third-order valence-corrected chi connectivity index (χ3v) is 7.25. The van der Waals surface area contributed by atoms with Crippen molar-refractivity contribution in [2.45, 2.75) is 19.8 Å². The number of rotatable bonds is 8. The highest BCUT2D eigenvalue weighted by Gasteiger charge is 2.33. The third-order valence-electron chi connectivity index (χ3n) is 5.66. The highest BCUT2D eigenvalue weighted by atomic mass is 35.5. The molecule has 3 aromatic carbocycles. The van der Waals surface area contributed by atoms with Crippen molar-refractivity contribution in [1.29, 1.82) is 0 Å². The van der Waals surface area contributed by atoms with Crippen LogP contribution in [-0.2, 0) is 9.59 Å². The molecule has 38 heavy (non-hydrogen) atoms. The number of nitrogens with zero attached hydrogens (tertiary/aromatic N) is 1. The molecule has 0 radical (unpaired) electrons. The van der Waals surface area contributed by atoms with E-state index in [1.807, 2.05) is 24.3 Å². The lowest BCUT2D eigenvalue weighted by Crippen LogP contribution is -2.27. The van der Waals surface area contributed by atoms with Gasteiger partial charge in [0.2, 0.25) is 0 Å². The maximum absolute atomic E-state index is 13.6. The number of halogens is 2. The number of anilines is 2. The Hall–Kier alpha value is -3.40. The summed E-state index contributed by atoms with van der Waals surface area (Å²) < 4.78 is 25.0. The van der Waals surface area contributed by atoms with Crippen LogP contribution in [0.2, 0.25) is 5.02 Å². The van der Waals surface area contributed by atoms with Crippen molar-refractivity contribution in [2.75, 3.05) is 23.9 Å². The molecule has 1 N–H and O–H groups in total. The standard InChI is InChI=1S/C28H24ClFN2O4S2/c1-16(2)19-6-4-5-7-22(19)31-26(33)15-36-23-11-8-17(12-24(23)35-3)13-25-27(34)32(28(37)38-25)18-9-10-21(30)20(29)14-18/h4-14,16H,15H2,1-3H3,(H,31,33)/b25-13-. The summed E-state index contributed by atoms with van der Waals surface area (Å²) in [4.78, 5) is 27.3. The minimum absolute atomic E-state index is 0.0985. The Labute approximate surface area is 234 Å². The van der Waals surface area contributed by atoms with E-state index >= 15 is 0 Å². The lowest BCUT2D eigenvalue weighted by molar-refractivity contribution is -0.118. The minimum Gasteiger partial charge on any atom is -0.493 e. The van der Waals surface area contributed by atoms with Crippen molar-refractivity contribution in [1.82, 2.24) is 0 Å². The van der Waals surface area contributed by atoms with Gasteiger partial charge in [-0.3, -0.25) is 14.5 Å². The number of ether oxygens (including phenoxy) is 2. The van der Waals surface area contributed by atoms with Gasteiger partial charge in [-0.2, -0.15) is 0 Å². The van der Waals surface area contributed by atoms with Gasteiger partial charge in [0.25, 0.3) is 11.8 Å². The number of carbonyl (C=O) groups is 2. The molecule has 1 heterocycles. The smallest absolute Gasteiger partial charge is 0.270 e. The van der Waals surface area contributed by atoms with Gasteiger partial charge in [-0.1, -0.05) is 73.7 Å². The number of benzene rings is 3. The number of thioether (sulfide) groups is 1. The second-order valence-electron chi connectivity index (χ2n) is 8.60. The first-order chi connectivity index (χ1) is 18.2. The zero-order valence-electron chi connectivity index (χ0n) is 20.8. The summed E-state index contributed by atoms with van der Waals surface area (Å²) in [7, 11) is 1.49. The average Bonchev–Trinajstić information content (AvgIpc) is 3.17. The van der Waals surface area contributed by atoms with Gasteiger partial charge in [-0.05, 0) is 59.5 Å². The van der Waals surface area contributed by atoms with Crippen molar-refractivity contribution in [3.63, 3.8) is 0 Å². The number of amides is 2. The largest absolute Gasteiger partial charge is 0.493 e. The van der Waals surface area contributed by atoms with E-state index in [0.29, 0.717) is 32.0 Å². The van der Waals surface area contributed by atoms with E-state index in [9.17, 15) is 14.0 Å². The Kier molecular flexibility index (Phi) is 8.71. The topological polar surface area (TPSA) is 67.9 Å². The van der Waals surface area contributed by atoms with E-state index in [4.69, 9.17) is 33.3 Å². The van der Waals surface area contributed by atoms with Gasteiger partial charge in [0.15, 0.2) is 22.4 Å². The summed E-state index contributed by atoms with van der Waals surface area (Å²) in [6, 6.07) is 16.7. The fourth-order valence-electron chi connectivity index (χ4n) is 3.80. The molecule has 0 atom stereocenters. The number of carbonyl (C=O) groups excluding carboxylic acids is 2. The monoisotopic (exact) mass is 570 g/mol. The molecule has 1 fully saturated rings. The first kappa shape index (κ1) is 27.6. The highest BCUT2D eigenvalue weighted by Crippen LogP contribution is 2.38. The Morgan fingerprint density at radius 2 is 1.92 bits per heavy atom. The van der Waals surface area contributed by atoms with Gasteiger partial charge < -0.3 is 14.8 Å². The summed E-state index contributed by atoms with van der Waals surface area (Å²) in [5, 5.41) is 2.79. The molecule has 3 aromatic rings. The molecule has 0 aliphatic carbocycles. The molecule has 1 aliphatic rings. The molecular weight excluding hydrogens is 547 g/mol. The van der Waals surface area contributed by atoms with E-state index in [1.54, 1.807) is 24.3 Å². The normalized spacial score (nSPS) is 14.4. The second kappa shape index (κ2) is 12.0. The summed E-state index contributed by atoms with van der Waals surface area (Å²) in [5.74, 6) is -0.188. The molecule has 2 amide bonds. The zero-order chi connectivity index (χ0) is 27.4. The van der Waals surface area contributed by atoms with Crippen molar-refractivity contribution in [3.8, 4) is 11.5 Å². The van der Waals surface area contributed by atoms with E-state index < -0.39 is 5.82 Å². The summed E-state index contributed by atoms with van der Waals surface area (Å²) in [6.45, 7) is 3.91. The molecule has 0 saturated carbocycles. The lowest BCUT2D eigenvalue weighted by Gasteiger charge is -2.15. The van der Waals surface area contributed by atoms with Crippen molar-refractivity contribution >= 4 is 69.2 Å². The molecule has 0 bridgehead atoms. The van der Waals surface area contributed by atoms with Crippen LogP contribution in [0.1, 0.15) is 30.9 Å². The van der Waals surface area contributed by atoms with Crippen LogP contribution in [0.3, 0.4) is 0 Å². The third kappa shape index (κ3) is 6.18. The van der Waals surface area contributed by atoms with Crippen LogP contribution >= 0.6 is 35.6 Å². The number of thiocarbonyl (C=S) groups is 1. The molecule has 6 nitrogen and oxygen atoms in total. The number of methoxy groups -OCH3 is 1. The number of hydrogen-bond acceptors (Lipinski definition) is 6. The molecule has 0 spiro atoms. The molecule has 1 aliphatic heterocycles. The van der Waals surface area contributed by atoms with Gasteiger partial charge in [-0.25, -0.2) is 4.39 Å². The number of hydrogen-bond donors (Lipinski definition) is 1. The minimum atomic E-state index is -0.580. The fraction of sp³-hybridized carbons (Fsp3) is 0.179. The zero-order valence-corrected chi connectivity index (χ0v) is 23.2. The van der Waals surface area contributed by atoms with Gasteiger partial charge in [0.05, 0.1) is 22.7 Å². The maximum atomic E-state index is 13.6. The molecule has 0 unspecified atom stereocenters. The molecule has 0 aromatic heterocycles. The van der Waals surface area contributed by atoms with Crippen LogP contribution in [0.5, 0.6) is 11.5 Å². The quantitative estimate of drug-likeness (QED) is 0.231. The Balaban J connectivity index is 1.46. The second-order valence-corrected chi connectivity index (χ2v) is 10.7. The van der Waals surface area contributed by atoms with Crippen LogP contribution in [0.15, 0.2) is 65.6 Å². The van der Waals surface area contributed by atoms with Crippen LogP contribution in [0.25, 0.3) is 6.08 Å². The van der Waals surface area contributed by atoms with Gasteiger partial charge in [0.1, 0.15) is 5.82 Å².